The molecule has 3 rings (SSSR count). The lowest BCUT2D eigenvalue weighted by molar-refractivity contribution is -0.137. The second kappa shape index (κ2) is 7.46. The molecule has 9 heteroatoms. The number of hydrogen-bond donors (Lipinski definition) is 2. The zero-order valence-electron chi connectivity index (χ0n) is 14.3. The third-order valence-corrected chi connectivity index (χ3v) is 4.67. The maximum Gasteiger partial charge on any atom is 0.417 e. The first-order valence-corrected chi connectivity index (χ1v) is 8.47. The van der Waals surface area contributed by atoms with E-state index in [1.165, 1.54) is 42.7 Å². The van der Waals surface area contributed by atoms with Crippen LogP contribution in [0.15, 0.2) is 54.9 Å². The van der Waals surface area contributed by atoms with Crippen molar-refractivity contribution in [1.29, 1.82) is 0 Å². The molecule has 0 spiro atoms. The Labute approximate surface area is 163 Å². The topological polar surface area (TPSA) is 77.8 Å². The van der Waals surface area contributed by atoms with Crippen LogP contribution in [0.2, 0.25) is 5.02 Å². The average molecular weight is 411 g/mol. The normalized spacial score (nSPS) is 14.0. The highest BCUT2D eigenvalue weighted by Gasteiger charge is 2.33. The molecule has 0 radical (unpaired) electrons. The molecule has 0 amide bonds. The van der Waals surface area contributed by atoms with Gasteiger partial charge in [-0.3, -0.25) is 0 Å². The summed E-state index contributed by atoms with van der Waals surface area (Å²) in [5.74, 6) is -0.482. The minimum atomic E-state index is -4.56. The highest BCUT2D eigenvalue weighted by Crippen LogP contribution is 2.37. The maximum absolute atomic E-state index is 13.6. The van der Waals surface area contributed by atoms with Crippen LogP contribution in [0, 0.1) is 5.82 Å². The van der Waals surface area contributed by atoms with E-state index in [2.05, 4.69) is 9.97 Å². The minimum Gasteiger partial charge on any atom is -0.328 e. The summed E-state index contributed by atoms with van der Waals surface area (Å²) in [5.41, 5.74) is 11.4. The number of benzene rings is 2. The maximum atomic E-state index is 13.6. The summed E-state index contributed by atoms with van der Waals surface area (Å²) in [7, 11) is 0. The van der Waals surface area contributed by atoms with Crippen molar-refractivity contribution >= 4 is 11.6 Å². The smallest absolute Gasteiger partial charge is 0.328 e. The second-order valence-electron chi connectivity index (χ2n) is 6.17. The van der Waals surface area contributed by atoms with E-state index in [-0.39, 0.29) is 6.54 Å². The van der Waals surface area contributed by atoms with Crippen LogP contribution in [0.1, 0.15) is 16.8 Å². The molecule has 0 aliphatic heterocycles. The molecule has 1 heterocycles. The molecule has 4 nitrogen and oxygen atoms in total. The van der Waals surface area contributed by atoms with Crippen molar-refractivity contribution in [2.24, 2.45) is 11.5 Å². The molecule has 3 aromatic rings. The van der Waals surface area contributed by atoms with Crippen molar-refractivity contribution in [2.75, 3.05) is 6.54 Å². The SMILES string of the molecule is NCC(N)(c1cccc(F)c1)c1cc(-c2ccc(C(F)(F)F)c(Cl)c2)ncn1. The highest BCUT2D eigenvalue weighted by atomic mass is 35.5. The molecule has 2 aromatic carbocycles. The first-order chi connectivity index (χ1) is 13.1. The summed E-state index contributed by atoms with van der Waals surface area (Å²) in [6, 6.07) is 10.4. The summed E-state index contributed by atoms with van der Waals surface area (Å²) < 4.78 is 52.3. The van der Waals surface area contributed by atoms with E-state index in [1.807, 2.05) is 0 Å². The van der Waals surface area contributed by atoms with Gasteiger partial charge in [0.15, 0.2) is 0 Å². The van der Waals surface area contributed by atoms with Gasteiger partial charge in [0.1, 0.15) is 12.1 Å². The molecule has 1 atom stereocenters. The van der Waals surface area contributed by atoms with Crippen LogP contribution in [0.5, 0.6) is 0 Å². The fourth-order valence-electron chi connectivity index (χ4n) is 2.80. The lowest BCUT2D eigenvalue weighted by Gasteiger charge is -2.28. The fourth-order valence-corrected chi connectivity index (χ4v) is 3.09. The Hall–Kier alpha value is -2.55. The molecule has 28 heavy (non-hydrogen) atoms. The van der Waals surface area contributed by atoms with Gasteiger partial charge in [0, 0.05) is 12.1 Å². The van der Waals surface area contributed by atoms with Gasteiger partial charge < -0.3 is 11.5 Å². The average Bonchev–Trinajstić information content (AvgIpc) is 2.66. The Morgan fingerprint density at radius 2 is 1.75 bits per heavy atom. The van der Waals surface area contributed by atoms with E-state index in [4.69, 9.17) is 23.1 Å². The molecule has 0 saturated carbocycles. The van der Waals surface area contributed by atoms with Gasteiger partial charge in [-0.05, 0) is 35.9 Å². The number of hydrogen-bond acceptors (Lipinski definition) is 4. The van der Waals surface area contributed by atoms with Crippen molar-refractivity contribution in [3.05, 3.63) is 82.5 Å². The number of halogens is 5. The van der Waals surface area contributed by atoms with E-state index in [0.717, 1.165) is 6.07 Å². The van der Waals surface area contributed by atoms with Gasteiger partial charge in [0.05, 0.1) is 27.5 Å². The third-order valence-electron chi connectivity index (χ3n) is 4.36. The summed E-state index contributed by atoms with van der Waals surface area (Å²) in [4.78, 5) is 8.22. The van der Waals surface area contributed by atoms with Crippen LogP contribution in [0.3, 0.4) is 0 Å². The molecule has 0 aliphatic rings. The monoisotopic (exact) mass is 410 g/mol. The van der Waals surface area contributed by atoms with Gasteiger partial charge >= 0.3 is 6.18 Å². The van der Waals surface area contributed by atoms with E-state index >= 15 is 0 Å². The van der Waals surface area contributed by atoms with Crippen molar-refractivity contribution < 1.29 is 17.6 Å². The predicted molar refractivity (Wildman–Crippen MR) is 97.9 cm³/mol. The van der Waals surface area contributed by atoms with E-state index in [0.29, 0.717) is 22.5 Å². The van der Waals surface area contributed by atoms with E-state index in [1.54, 1.807) is 6.07 Å². The largest absolute Gasteiger partial charge is 0.417 e. The van der Waals surface area contributed by atoms with E-state index in [9.17, 15) is 17.6 Å². The number of nitrogens with two attached hydrogens (primary N) is 2. The quantitative estimate of drug-likeness (QED) is 0.634. The van der Waals surface area contributed by atoms with Crippen molar-refractivity contribution in [1.82, 2.24) is 9.97 Å². The van der Waals surface area contributed by atoms with Gasteiger partial charge in [0.25, 0.3) is 0 Å². The van der Waals surface area contributed by atoms with Gasteiger partial charge in [0.2, 0.25) is 0 Å². The van der Waals surface area contributed by atoms with Crippen LogP contribution in [-0.4, -0.2) is 16.5 Å². The second-order valence-corrected chi connectivity index (χ2v) is 6.57. The van der Waals surface area contributed by atoms with Gasteiger partial charge in [-0.15, -0.1) is 0 Å². The van der Waals surface area contributed by atoms with Crippen LogP contribution < -0.4 is 11.5 Å². The Morgan fingerprint density at radius 3 is 2.36 bits per heavy atom. The van der Waals surface area contributed by atoms with Crippen molar-refractivity contribution in [3.63, 3.8) is 0 Å². The first kappa shape index (κ1) is 20.2. The molecule has 0 saturated heterocycles. The van der Waals surface area contributed by atoms with Crippen LogP contribution in [-0.2, 0) is 11.7 Å². The Kier molecular flexibility index (Phi) is 5.38. The minimum absolute atomic E-state index is 0.0827. The number of aromatic nitrogens is 2. The van der Waals surface area contributed by atoms with Crippen LogP contribution in [0.25, 0.3) is 11.3 Å². The zero-order valence-corrected chi connectivity index (χ0v) is 15.1. The van der Waals surface area contributed by atoms with Gasteiger partial charge in [-0.2, -0.15) is 13.2 Å². The summed E-state index contributed by atoms with van der Waals surface area (Å²) >= 11 is 5.78. The van der Waals surface area contributed by atoms with Crippen molar-refractivity contribution in [3.8, 4) is 11.3 Å². The lowest BCUT2D eigenvalue weighted by Crippen LogP contribution is -2.45. The molecular weight excluding hydrogens is 396 g/mol. The fraction of sp³-hybridized carbons (Fsp3) is 0.158. The first-order valence-electron chi connectivity index (χ1n) is 8.10. The van der Waals surface area contributed by atoms with Crippen LogP contribution in [0.4, 0.5) is 17.6 Å². The summed E-state index contributed by atoms with van der Waals surface area (Å²) in [6.07, 6.45) is -3.34. The molecule has 0 fully saturated rings. The number of alkyl halides is 3. The molecule has 1 aromatic heterocycles. The number of nitrogens with zero attached hydrogens (tertiary/aromatic N) is 2. The summed E-state index contributed by atoms with van der Waals surface area (Å²) in [5, 5.41) is -0.451. The molecular formula is C19H15ClF4N4. The Morgan fingerprint density at radius 1 is 1.00 bits per heavy atom. The van der Waals surface area contributed by atoms with E-state index < -0.39 is 28.1 Å². The van der Waals surface area contributed by atoms with Crippen LogP contribution >= 0.6 is 11.6 Å². The molecule has 4 N–H and O–H groups in total. The van der Waals surface area contributed by atoms with Gasteiger partial charge in [-0.25, -0.2) is 14.4 Å². The molecule has 146 valence electrons. The Bertz CT molecular complexity index is 1010. The Balaban J connectivity index is 2.06. The van der Waals surface area contributed by atoms with Crippen molar-refractivity contribution in [2.45, 2.75) is 11.7 Å². The summed E-state index contributed by atoms with van der Waals surface area (Å²) in [6.45, 7) is -0.0827. The molecule has 1 unspecified atom stereocenters. The highest BCUT2D eigenvalue weighted by molar-refractivity contribution is 6.31. The molecule has 0 bridgehead atoms. The zero-order chi connectivity index (χ0) is 20.5. The third kappa shape index (κ3) is 3.84. The molecule has 0 aliphatic carbocycles. The predicted octanol–water partition coefficient (Wildman–Crippen LogP) is 4.12. The lowest BCUT2D eigenvalue weighted by atomic mass is 9.86. The number of rotatable bonds is 4. The standard InChI is InChI=1S/C19H15ClF4N4/c20-15-6-11(4-5-14(15)19(22,23)24)16-8-17(28-10-27-16)18(26,9-25)12-2-1-3-13(21)7-12/h1-8,10H,9,25-26H2. The van der Waals surface area contributed by atoms with Gasteiger partial charge in [-0.1, -0.05) is 29.8 Å².